The summed E-state index contributed by atoms with van der Waals surface area (Å²) in [6.07, 6.45) is 4.54. The Hall–Kier alpha value is -3.62. The van der Waals surface area contributed by atoms with Gasteiger partial charge >= 0.3 is 0 Å². The molecule has 2 aromatic heterocycles. The van der Waals surface area contributed by atoms with Crippen molar-refractivity contribution in [3.8, 4) is 22.8 Å². The molecule has 32 heavy (non-hydrogen) atoms. The van der Waals surface area contributed by atoms with Crippen molar-refractivity contribution < 1.29 is 9.53 Å². The second-order valence-electron chi connectivity index (χ2n) is 7.85. The molecule has 0 bridgehead atoms. The lowest BCUT2D eigenvalue weighted by molar-refractivity contribution is -0.109. The highest BCUT2D eigenvalue weighted by Gasteiger charge is 2.17. The van der Waals surface area contributed by atoms with Gasteiger partial charge in [0.05, 0.1) is 35.2 Å². The van der Waals surface area contributed by atoms with Crippen LogP contribution >= 0.6 is 0 Å². The standard InChI is InChI=1S/C24H24N6O2/c31-14-13-29-9-11-30(12-10-29)17-19-16-25-24-15-21(5-6-23(24)27-19)32-20-3-1-18(2-4-20)22-7-8-26-28-22/h1-8,14-16H,9-13,17H2,(H,26,28). The lowest BCUT2D eigenvalue weighted by Gasteiger charge is -2.33. The molecule has 4 aromatic rings. The number of rotatable bonds is 7. The molecule has 0 saturated carbocycles. The first-order valence-electron chi connectivity index (χ1n) is 10.7. The molecular weight excluding hydrogens is 404 g/mol. The third kappa shape index (κ3) is 4.66. The van der Waals surface area contributed by atoms with E-state index >= 15 is 0 Å². The molecule has 1 N–H and O–H groups in total. The van der Waals surface area contributed by atoms with Crippen molar-refractivity contribution in [1.82, 2.24) is 30.0 Å². The number of hydrogen-bond acceptors (Lipinski definition) is 7. The fourth-order valence-corrected chi connectivity index (χ4v) is 3.89. The summed E-state index contributed by atoms with van der Waals surface area (Å²) in [4.78, 5) is 24.6. The van der Waals surface area contributed by atoms with Crippen molar-refractivity contribution in [3.63, 3.8) is 0 Å². The number of piperazine rings is 1. The van der Waals surface area contributed by atoms with Crippen LogP contribution in [0.5, 0.6) is 11.5 Å². The number of aldehydes is 1. The summed E-state index contributed by atoms with van der Waals surface area (Å²) >= 11 is 0. The lowest BCUT2D eigenvalue weighted by atomic mass is 10.1. The van der Waals surface area contributed by atoms with Gasteiger partial charge in [0.15, 0.2) is 0 Å². The van der Waals surface area contributed by atoms with Gasteiger partial charge in [0.1, 0.15) is 17.8 Å². The molecule has 1 aliphatic rings. The molecular formula is C24H24N6O2. The van der Waals surface area contributed by atoms with Gasteiger partial charge in [-0.05, 0) is 48.0 Å². The molecule has 0 atom stereocenters. The van der Waals surface area contributed by atoms with E-state index in [1.807, 2.05) is 54.7 Å². The summed E-state index contributed by atoms with van der Waals surface area (Å²) in [6.45, 7) is 4.95. The van der Waals surface area contributed by atoms with Crippen molar-refractivity contribution in [2.45, 2.75) is 6.54 Å². The number of aromatic amines is 1. The van der Waals surface area contributed by atoms with E-state index in [0.29, 0.717) is 6.54 Å². The zero-order chi connectivity index (χ0) is 21.8. The number of fused-ring (bicyclic) bond motifs is 1. The molecule has 0 unspecified atom stereocenters. The normalized spacial score (nSPS) is 15.1. The zero-order valence-corrected chi connectivity index (χ0v) is 17.6. The van der Waals surface area contributed by atoms with E-state index in [1.54, 1.807) is 6.20 Å². The van der Waals surface area contributed by atoms with Gasteiger partial charge in [0.2, 0.25) is 0 Å². The number of hydrogen-bond donors (Lipinski definition) is 1. The second kappa shape index (κ2) is 9.25. The summed E-state index contributed by atoms with van der Waals surface area (Å²) in [5.41, 5.74) is 4.62. The van der Waals surface area contributed by atoms with Crippen LogP contribution in [0, 0.1) is 0 Å². The minimum Gasteiger partial charge on any atom is -0.457 e. The molecule has 1 saturated heterocycles. The third-order valence-electron chi connectivity index (χ3n) is 5.65. The first kappa shape index (κ1) is 20.3. The molecule has 3 heterocycles. The minimum atomic E-state index is 0.516. The van der Waals surface area contributed by atoms with E-state index in [4.69, 9.17) is 9.72 Å². The molecule has 8 nitrogen and oxygen atoms in total. The summed E-state index contributed by atoms with van der Waals surface area (Å²) in [7, 11) is 0. The Morgan fingerprint density at radius 1 is 0.938 bits per heavy atom. The largest absolute Gasteiger partial charge is 0.457 e. The molecule has 8 heteroatoms. The van der Waals surface area contributed by atoms with E-state index in [-0.39, 0.29) is 0 Å². The van der Waals surface area contributed by atoms with Crippen molar-refractivity contribution in [2.24, 2.45) is 0 Å². The molecule has 2 aromatic carbocycles. The van der Waals surface area contributed by atoms with Crippen LogP contribution in [-0.2, 0) is 11.3 Å². The smallest absolute Gasteiger partial charge is 0.133 e. The number of benzene rings is 2. The van der Waals surface area contributed by atoms with Gasteiger partial charge in [-0.15, -0.1) is 0 Å². The third-order valence-corrected chi connectivity index (χ3v) is 5.65. The average molecular weight is 428 g/mol. The van der Waals surface area contributed by atoms with Gasteiger partial charge < -0.3 is 9.53 Å². The summed E-state index contributed by atoms with van der Waals surface area (Å²) in [5.74, 6) is 1.48. The van der Waals surface area contributed by atoms with Crippen molar-refractivity contribution >= 4 is 17.3 Å². The van der Waals surface area contributed by atoms with E-state index in [1.165, 1.54) is 0 Å². The highest BCUT2D eigenvalue weighted by atomic mass is 16.5. The molecule has 0 amide bonds. The van der Waals surface area contributed by atoms with E-state index in [2.05, 4.69) is 25.0 Å². The fourth-order valence-electron chi connectivity index (χ4n) is 3.89. The van der Waals surface area contributed by atoms with Crippen LogP contribution in [0.4, 0.5) is 0 Å². The van der Waals surface area contributed by atoms with Gasteiger partial charge in [-0.3, -0.25) is 19.9 Å². The molecule has 0 radical (unpaired) electrons. The monoisotopic (exact) mass is 428 g/mol. The van der Waals surface area contributed by atoms with E-state index in [0.717, 1.165) is 78.5 Å². The summed E-state index contributed by atoms with van der Waals surface area (Å²) < 4.78 is 6.01. The lowest BCUT2D eigenvalue weighted by Crippen LogP contribution is -2.46. The topological polar surface area (TPSA) is 87.2 Å². The van der Waals surface area contributed by atoms with Crippen LogP contribution in [0.2, 0.25) is 0 Å². The SMILES string of the molecule is O=CCN1CCN(Cc2cnc3cc(Oc4ccc(-c5ccn[nH]5)cc4)ccc3n2)CC1. The van der Waals surface area contributed by atoms with Gasteiger partial charge in [-0.25, -0.2) is 4.98 Å². The average Bonchev–Trinajstić information content (AvgIpc) is 3.36. The van der Waals surface area contributed by atoms with Crippen LogP contribution in [0.3, 0.4) is 0 Å². The highest BCUT2D eigenvalue weighted by Crippen LogP contribution is 2.26. The number of carbonyl (C=O) groups is 1. The molecule has 1 aliphatic heterocycles. The zero-order valence-electron chi connectivity index (χ0n) is 17.6. The maximum Gasteiger partial charge on any atom is 0.133 e. The Balaban J connectivity index is 1.23. The van der Waals surface area contributed by atoms with Crippen molar-refractivity contribution in [1.29, 1.82) is 0 Å². The summed E-state index contributed by atoms with van der Waals surface area (Å²) in [5, 5.41) is 6.94. The highest BCUT2D eigenvalue weighted by molar-refractivity contribution is 5.76. The number of ether oxygens (including phenoxy) is 1. The second-order valence-corrected chi connectivity index (χ2v) is 7.85. The van der Waals surface area contributed by atoms with Gasteiger partial charge in [0, 0.05) is 45.0 Å². The van der Waals surface area contributed by atoms with E-state index < -0.39 is 0 Å². The quantitative estimate of drug-likeness (QED) is 0.453. The Morgan fingerprint density at radius 3 is 2.47 bits per heavy atom. The number of carbonyl (C=O) groups excluding carboxylic acids is 1. The molecule has 5 rings (SSSR count). The predicted molar refractivity (Wildman–Crippen MR) is 121 cm³/mol. The molecule has 162 valence electrons. The van der Waals surface area contributed by atoms with Gasteiger partial charge in [-0.1, -0.05) is 0 Å². The van der Waals surface area contributed by atoms with E-state index in [9.17, 15) is 4.79 Å². The number of aromatic nitrogens is 4. The maximum absolute atomic E-state index is 10.7. The Morgan fingerprint density at radius 2 is 1.72 bits per heavy atom. The van der Waals surface area contributed by atoms with Gasteiger partial charge in [0.25, 0.3) is 0 Å². The van der Waals surface area contributed by atoms with Crippen LogP contribution in [0.1, 0.15) is 5.69 Å². The minimum absolute atomic E-state index is 0.516. The fraction of sp³-hybridized carbons (Fsp3) is 0.250. The number of nitrogens with zero attached hydrogens (tertiary/aromatic N) is 5. The van der Waals surface area contributed by atoms with Gasteiger partial charge in [-0.2, -0.15) is 5.10 Å². The van der Waals surface area contributed by atoms with Crippen molar-refractivity contribution in [2.75, 3.05) is 32.7 Å². The van der Waals surface area contributed by atoms with Crippen LogP contribution in [0.15, 0.2) is 60.9 Å². The van der Waals surface area contributed by atoms with Crippen molar-refractivity contribution in [3.05, 3.63) is 66.6 Å². The van der Waals surface area contributed by atoms with Crippen LogP contribution in [-0.4, -0.2) is 69.0 Å². The number of H-pyrrole nitrogens is 1. The number of nitrogens with one attached hydrogen (secondary N) is 1. The Kier molecular flexibility index (Phi) is 5.87. The van der Waals surface area contributed by atoms with Crippen LogP contribution < -0.4 is 4.74 Å². The van der Waals surface area contributed by atoms with Crippen LogP contribution in [0.25, 0.3) is 22.3 Å². The first-order chi connectivity index (χ1) is 15.8. The Bertz CT molecular complexity index is 1190. The first-order valence-corrected chi connectivity index (χ1v) is 10.7. The maximum atomic E-state index is 10.7. The Labute approximate surface area is 185 Å². The predicted octanol–water partition coefficient (Wildman–Crippen LogP) is 3.13. The molecule has 0 spiro atoms. The summed E-state index contributed by atoms with van der Waals surface area (Å²) in [6, 6.07) is 15.6. The molecule has 1 fully saturated rings. The molecule has 0 aliphatic carbocycles.